The van der Waals surface area contributed by atoms with Crippen molar-refractivity contribution in [3.05, 3.63) is 0 Å². The van der Waals surface area contributed by atoms with Crippen LogP contribution in [0.5, 0.6) is 0 Å². The number of nitrogens with zero attached hydrogens (tertiary/aromatic N) is 2. The highest BCUT2D eigenvalue weighted by molar-refractivity contribution is 5.78. The molecule has 4 heteroatoms. The second-order valence-corrected chi connectivity index (χ2v) is 5.36. The van der Waals surface area contributed by atoms with Gasteiger partial charge in [0.25, 0.3) is 0 Å². The summed E-state index contributed by atoms with van der Waals surface area (Å²) in [5, 5.41) is 3.15. The minimum Gasteiger partial charge on any atom is -0.370 e. The lowest BCUT2D eigenvalue weighted by molar-refractivity contribution is 0.240. The quantitative estimate of drug-likeness (QED) is 0.553. The smallest absolute Gasteiger partial charge is 0.189 e. The lowest BCUT2D eigenvalue weighted by Crippen LogP contribution is -2.45. The normalized spacial score (nSPS) is 13.6. The molecule has 96 valence electrons. The van der Waals surface area contributed by atoms with Gasteiger partial charge in [0.05, 0.1) is 6.54 Å². The second-order valence-electron chi connectivity index (χ2n) is 5.36. The Morgan fingerprint density at radius 3 is 2.31 bits per heavy atom. The molecule has 0 rings (SSSR count). The van der Waals surface area contributed by atoms with Gasteiger partial charge in [-0.15, -0.1) is 0 Å². The molecule has 0 amide bonds. The number of rotatable bonds is 5. The fourth-order valence-electron chi connectivity index (χ4n) is 1.50. The second kappa shape index (κ2) is 6.74. The van der Waals surface area contributed by atoms with Gasteiger partial charge in [-0.05, 0) is 41.2 Å². The maximum atomic E-state index is 5.78. The number of likely N-dealkylation sites (N-methyl/N-ethyl adjacent to an activating group) is 1. The molecule has 0 unspecified atom stereocenters. The van der Waals surface area contributed by atoms with Crippen molar-refractivity contribution in [2.45, 2.75) is 53.1 Å². The molecule has 0 aliphatic rings. The summed E-state index contributed by atoms with van der Waals surface area (Å²) in [4.78, 5) is 6.69. The first-order valence-electron chi connectivity index (χ1n) is 6.08. The van der Waals surface area contributed by atoms with Crippen LogP contribution in [-0.4, -0.2) is 42.1 Å². The Hall–Kier alpha value is -0.770. The SMILES string of the molecule is CCN(CCN=C(N)NC(C)(C)C)C(C)C. The highest BCUT2D eigenvalue weighted by Gasteiger charge is 2.10. The van der Waals surface area contributed by atoms with E-state index < -0.39 is 0 Å². The molecule has 0 saturated heterocycles. The first-order chi connectivity index (χ1) is 7.26. The van der Waals surface area contributed by atoms with E-state index in [0.717, 1.165) is 19.6 Å². The molecule has 0 aromatic carbocycles. The molecule has 0 bridgehead atoms. The van der Waals surface area contributed by atoms with Crippen LogP contribution in [0.1, 0.15) is 41.5 Å². The largest absolute Gasteiger partial charge is 0.370 e. The van der Waals surface area contributed by atoms with Crippen LogP contribution in [-0.2, 0) is 0 Å². The van der Waals surface area contributed by atoms with Gasteiger partial charge in [-0.2, -0.15) is 0 Å². The zero-order valence-electron chi connectivity index (χ0n) is 11.7. The highest BCUT2D eigenvalue weighted by atomic mass is 15.2. The van der Waals surface area contributed by atoms with Gasteiger partial charge in [0.1, 0.15) is 0 Å². The summed E-state index contributed by atoms with van der Waals surface area (Å²) < 4.78 is 0. The molecule has 0 spiro atoms. The van der Waals surface area contributed by atoms with E-state index in [9.17, 15) is 0 Å². The summed E-state index contributed by atoms with van der Waals surface area (Å²) in [6.45, 7) is 15.5. The van der Waals surface area contributed by atoms with Crippen molar-refractivity contribution in [3.63, 3.8) is 0 Å². The molecule has 16 heavy (non-hydrogen) atoms. The van der Waals surface area contributed by atoms with Crippen LogP contribution < -0.4 is 11.1 Å². The van der Waals surface area contributed by atoms with Crippen molar-refractivity contribution < 1.29 is 0 Å². The van der Waals surface area contributed by atoms with Crippen molar-refractivity contribution >= 4 is 5.96 Å². The van der Waals surface area contributed by atoms with Crippen LogP contribution in [0.15, 0.2) is 4.99 Å². The summed E-state index contributed by atoms with van der Waals surface area (Å²) in [7, 11) is 0. The number of guanidine groups is 1. The number of hydrogen-bond acceptors (Lipinski definition) is 2. The molecule has 0 aliphatic heterocycles. The molecular weight excluding hydrogens is 200 g/mol. The predicted molar refractivity (Wildman–Crippen MR) is 71.8 cm³/mol. The van der Waals surface area contributed by atoms with E-state index in [1.54, 1.807) is 0 Å². The minimum atomic E-state index is -0.0178. The average Bonchev–Trinajstić information content (AvgIpc) is 2.08. The van der Waals surface area contributed by atoms with Crippen LogP contribution in [0.2, 0.25) is 0 Å². The van der Waals surface area contributed by atoms with E-state index in [1.165, 1.54) is 0 Å². The van der Waals surface area contributed by atoms with Gasteiger partial charge in [-0.3, -0.25) is 9.89 Å². The third kappa shape index (κ3) is 7.51. The topological polar surface area (TPSA) is 53.6 Å². The number of nitrogens with one attached hydrogen (secondary N) is 1. The van der Waals surface area contributed by atoms with Gasteiger partial charge in [0, 0.05) is 18.1 Å². The minimum absolute atomic E-state index is 0.0178. The van der Waals surface area contributed by atoms with E-state index >= 15 is 0 Å². The van der Waals surface area contributed by atoms with Gasteiger partial charge in [-0.1, -0.05) is 6.92 Å². The van der Waals surface area contributed by atoms with Crippen molar-refractivity contribution in [2.24, 2.45) is 10.7 Å². The van der Waals surface area contributed by atoms with Crippen LogP contribution >= 0.6 is 0 Å². The van der Waals surface area contributed by atoms with Gasteiger partial charge in [0.15, 0.2) is 5.96 Å². The fourth-order valence-corrected chi connectivity index (χ4v) is 1.50. The fraction of sp³-hybridized carbons (Fsp3) is 0.917. The molecule has 0 fully saturated rings. The summed E-state index contributed by atoms with van der Waals surface area (Å²) in [6.07, 6.45) is 0. The Labute approximate surface area is 100 Å². The van der Waals surface area contributed by atoms with Crippen molar-refractivity contribution in [1.29, 1.82) is 0 Å². The van der Waals surface area contributed by atoms with Crippen LogP contribution in [0, 0.1) is 0 Å². The summed E-state index contributed by atoms with van der Waals surface area (Å²) in [6, 6.07) is 0.567. The predicted octanol–water partition coefficient (Wildman–Crippen LogP) is 1.42. The average molecular weight is 228 g/mol. The Morgan fingerprint density at radius 1 is 1.38 bits per heavy atom. The number of nitrogens with two attached hydrogens (primary N) is 1. The Bertz CT molecular complexity index is 216. The van der Waals surface area contributed by atoms with Gasteiger partial charge in [0.2, 0.25) is 0 Å². The standard InChI is InChI=1S/C12H28N4/c1-7-16(10(2)3)9-8-14-11(13)15-12(4,5)6/h10H,7-9H2,1-6H3,(H3,13,14,15). The maximum Gasteiger partial charge on any atom is 0.189 e. The third-order valence-corrected chi connectivity index (χ3v) is 2.31. The van der Waals surface area contributed by atoms with Crippen LogP contribution in [0.3, 0.4) is 0 Å². The van der Waals surface area contributed by atoms with Crippen LogP contribution in [0.25, 0.3) is 0 Å². The summed E-state index contributed by atoms with van der Waals surface area (Å²) >= 11 is 0. The molecule has 0 aliphatic carbocycles. The van der Waals surface area contributed by atoms with Crippen molar-refractivity contribution in [1.82, 2.24) is 10.2 Å². The van der Waals surface area contributed by atoms with Crippen molar-refractivity contribution in [3.8, 4) is 0 Å². The van der Waals surface area contributed by atoms with Crippen molar-refractivity contribution in [2.75, 3.05) is 19.6 Å². The van der Waals surface area contributed by atoms with Crippen LogP contribution in [0.4, 0.5) is 0 Å². The monoisotopic (exact) mass is 228 g/mol. The molecule has 0 heterocycles. The van der Waals surface area contributed by atoms with Gasteiger partial charge in [-0.25, -0.2) is 0 Å². The highest BCUT2D eigenvalue weighted by Crippen LogP contribution is 1.98. The Morgan fingerprint density at radius 2 is 1.94 bits per heavy atom. The van der Waals surface area contributed by atoms with E-state index in [2.05, 4.69) is 56.8 Å². The lowest BCUT2D eigenvalue weighted by Gasteiger charge is -2.24. The Balaban J connectivity index is 3.99. The number of hydrogen-bond donors (Lipinski definition) is 2. The first-order valence-corrected chi connectivity index (χ1v) is 6.08. The molecule has 0 aromatic heterocycles. The zero-order valence-corrected chi connectivity index (χ0v) is 11.7. The first kappa shape index (κ1) is 15.2. The molecule has 4 nitrogen and oxygen atoms in total. The third-order valence-electron chi connectivity index (χ3n) is 2.31. The van der Waals surface area contributed by atoms with Gasteiger partial charge >= 0.3 is 0 Å². The van der Waals surface area contributed by atoms with E-state index in [-0.39, 0.29) is 5.54 Å². The molecule has 0 aromatic rings. The number of aliphatic imine (C=N–C) groups is 1. The molecule has 0 saturated carbocycles. The van der Waals surface area contributed by atoms with E-state index in [1.807, 2.05) is 0 Å². The molecular formula is C12H28N4. The van der Waals surface area contributed by atoms with E-state index in [4.69, 9.17) is 5.73 Å². The summed E-state index contributed by atoms with van der Waals surface area (Å²) in [5.74, 6) is 0.535. The maximum absolute atomic E-state index is 5.78. The molecule has 0 atom stereocenters. The lowest BCUT2D eigenvalue weighted by atomic mass is 10.1. The Kier molecular flexibility index (Phi) is 6.41. The van der Waals surface area contributed by atoms with E-state index in [0.29, 0.717) is 12.0 Å². The van der Waals surface area contributed by atoms with Gasteiger partial charge < -0.3 is 11.1 Å². The molecule has 3 N–H and O–H groups in total. The summed E-state index contributed by atoms with van der Waals surface area (Å²) in [5.41, 5.74) is 5.77. The molecule has 0 radical (unpaired) electrons. The zero-order chi connectivity index (χ0) is 12.8.